The summed E-state index contributed by atoms with van der Waals surface area (Å²) in [6, 6.07) is 13.6. The van der Waals surface area contributed by atoms with Crippen LogP contribution in [0.5, 0.6) is 0 Å². The maximum absolute atomic E-state index is 12.8. The number of ether oxygens (including phenoxy) is 1. The van der Waals surface area contributed by atoms with Crippen molar-refractivity contribution in [3.8, 4) is 11.3 Å². The summed E-state index contributed by atoms with van der Waals surface area (Å²) >= 11 is 6.85. The Balaban J connectivity index is 1.46. The summed E-state index contributed by atoms with van der Waals surface area (Å²) in [7, 11) is 0. The molecule has 1 aliphatic rings. The van der Waals surface area contributed by atoms with Crippen LogP contribution in [0.3, 0.4) is 0 Å². The number of amides is 3. The first-order chi connectivity index (χ1) is 17.7. The number of imide groups is 1. The van der Waals surface area contributed by atoms with Crippen LogP contribution >= 0.6 is 23.4 Å². The van der Waals surface area contributed by atoms with E-state index in [0.717, 1.165) is 27.8 Å². The van der Waals surface area contributed by atoms with Crippen LogP contribution in [0.4, 0.5) is 10.5 Å². The van der Waals surface area contributed by atoms with Crippen LogP contribution in [0.1, 0.15) is 34.2 Å². The third kappa shape index (κ3) is 5.95. The van der Waals surface area contributed by atoms with E-state index in [0.29, 0.717) is 22.8 Å². The highest BCUT2D eigenvalue weighted by atomic mass is 35.5. The fourth-order valence-electron chi connectivity index (χ4n) is 3.56. The predicted molar refractivity (Wildman–Crippen MR) is 142 cm³/mol. The molecule has 1 N–H and O–H groups in total. The van der Waals surface area contributed by atoms with Gasteiger partial charge in [0.1, 0.15) is 18.1 Å². The molecule has 37 heavy (non-hydrogen) atoms. The Morgan fingerprint density at radius 1 is 1.08 bits per heavy atom. The van der Waals surface area contributed by atoms with Crippen molar-refractivity contribution < 1.29 is 28.3 Å². The Hall–Kier alpha value is -3.82. The van der Waals surface area contributed by atoms with Crippen molar-refractivity contribution in [2.24, 2.45) is 0 Å². The molecule has 0 spiro atoms. The second kappa shape index (κ2) is 11.1. The van der Waals surface area contributed by atoms with Crippen LogP contribution in [0.25, 0.3) is 17.4 Å². The summed E-state index contributed by atoms with van der Waals surface area (Å²) in [6.07, 6.45) is 1.44. The van der Waals surface area contributed by atoms with Gasteiger partial charge < -0.3 is 14.5 Å². The van der Waals surface area contributed by atoms with Gasteiger partial charge in [0.2, 0.25) is 5.91 Å². The highest BCUT2D eigenvalue weighted by Gasteiger charge is 2.36. The number of thioether (sulfide) groups is 1. The summed E-state index contributed by atoms with van der Waals surface area (Å²) in [6.45, 7) is 5.41. The number of hydrogen-bond acceptors (Lipinski definition) is 7. The van der Waals surface area contributed by atoms with Gasteiger partial charge in [0.05, 0.1) is 22.1 Å². The average molecular weight is 539 g/mol. The van der Waals surface area contributed by atoms with Crippen LogP contribution in [-0.4, -0.2) is 41.1 Å². The van der Waals surface area contributed by atoms with Gasteiger partial charge in [-0.25, -0.2) is 4.79 Å². The Morgan fingerprint density at radius 3 is 2.59 bits per heavy atom. The second-order valence-corrected chi connectivity index (χ2v) is 9.63. The largest absolute Gasteiger partial charge is 0.462 e. The summed E-state index contributed by atoms with van der Waals surface area (Å²) in [5.41, 5.74) is 3.49. The first kappa shape index (κ1) is 26.2. The van der Waals surface area contributed by atoms with Crippen LogP contribution in [-0.2, 0) is 14.3 Å². The molecule has 0 radical (unpaired) electrons. The highest BCUT2D eigenvalue weighted by molar-refractivity contribution is 8.18. The fourth-order valence-corrected chi connectivity index (χ4v) is 4.57. The minimum atomic E-state index is -0.584. The minimum Gasteiger partial charge on any atom is -0.462 e. The van der Waals surface area contributed by atoms with Crippen molar-refractivity contribution in [1.29, 1.82) is 0 Å². The predicted octanol–water partition coefficient (Wildman–Crippen LogP) is 6.07. The van der Waals surface area contributed by atoms with E-state index in [1.54, 1.807) is 43.3 Å². The van der Waals surface area contributed by atoms with Gasteiger partial charge in [-0.15, -0.1) is 0 Å². The Labute approximate surface area is 222 Å². The number of esters is 1. The number of nitrogens with zero attached hydrogens (tertiary/aromatic N) is 1. The van der Waals surface area contributed by atoms with E-state index in [4.69, 9.17) is 20.8 Å². The van der Waals surface area contributed by atoms with Crippen molar-refractivity contribution in [3.63, 3.8) is 0 Å². The quantitative estimate of drug-likeness (QED) is 0.287. The first-order valence-electron chi connectivity index (χ1n) is 11.4. The molecule has 2 aromatic carbocycles. The second-order valence-electron chi connectivity index (χ2n) is 8.23. The van der Waals surface area contributed by atoms with E-state index < -0.39 is 29.6 Å². The number of rotatable bonds is 7. The van der Waals surface area contributed by atoms with Gasteiger partial charge >= 0.3 is 5.97 Å². The van der Waals surface area contributed by atoms with Gasteiger partial charge in [0, 0.05) is 17.3 Å². The number of hydrogen-bond donors (Lipinski definition) is 1. The summed E-state index contributed by atoms with van der Waals surface area (Å²) in [4.78, 5) is 50.9. The molecule has 2 heterocycles. The monoisotopic (exact) mass is 538 g/mol. The molecule has 0 bridgehead atoms. The van der Waals surface area contributed by atoms with Crippen LogP contribution in [0.15, 0.2) is 57.9 Å². The molecule has 4 rings (SSSR count). The minimum absolute atomic E-state index is 0.133. The zero-order valence-electron chi connectivity index (χ0n) is 20.3. The van der Waals surface area contributed by atoms with Gasteiger partial charge in [0.25, 0.3) is 11.1 Å². The third-order valence-corrected chi connectivity index (χ3v) is 6.85. The molecule has 10 heteroatoms. The number of halogens is 1. The van der Waals surface area contributed by atoms with Crippen molar-refractivity contribution in [2.75, 3.05) is 18.5 Å². The number of benzene rings is 2. The number of carbonyl (C=O) groups excluding carboxylic acids is 4. The van der Waals surface area contributed by atoms with Gasteiger partial charge in [-0.3, -0.25) is 19.3 Å². The summed E-state index contributed by atoms with van der Waals surface area (Å²) in [5, 5.41) is 2.42. The average Bonchev–Trinajstić information content (AvgIpc) is 3.42. The Kier molecular flexibility index (Phi) is 7.85. The van der Waals surface area contributed by atoms with E-state index in [1.807, 2.05) is 26.0 Å². The fraction of sp³-hybridized carbons (Fsp3) is 0.185. The molecule has 190 valence electrons. The van der Waals surface area contributed by atoms with Crippen LogP contribution in [0, 0.1) is 13.8 Å². The normalized spacial score (nSPS) is 14.4. The van der Waals surface area contributed by atoms with E-state index in [-0.39, 0.29) is 22.1 Å². The van der Waals surface area contributed by atoms with Gasteiger partial charge in [-0.05, 0) is 86.1 Å². The molecule has 1 saturated heterocycles. The molecule has 1 aliphatic heterocycles. The standard InChI is InChI=1S/C27H23ClN2O6S/c1-4-35-26(33)20-12-17(6-9-21(20)28)22-10-8-19(36-22)13-23-25(32)30(27(34)37-23)14-24(31)29-18-7-5-15(2)16(3)11-18/h5-13H,4,14H2,1-3H3,(H,29,31)/b23-13+. The van der Waals surface area contributed by atoms with Crippen molar-refractivity contribution in [2.45, 2.75) is 20.8 Å². The molecular weight excluding hydrogens is 516 g/mol. The maximum Gasteiger partial charge on any atom is 0.339 e. The number of aryl methyl sites for hydroxylation is 2. The van der Waals surface area contributed by atoms with Crippen molar-refractivity contribution in [1.82, 2.24) is 4.90 Å². The van der Waals surface area contributed by atoms with Crippen LogP contribution in [0.2, 0.25) is 5.02 Å². The smallest absolute Gasteiger partial charge is 0.339 e. The zero-order valence-corrected chi connectivity index (χ0v) is 21.9. The Morgan fingerprint density at radius 2 is 1.86 bits per heavy atom. The summed E-state index contributed by atoms with van der Waals surface area (Å²) in [5.74, 6) is -0.851. The number of nitrogens with one attached hydrogen (secondary N) is 1. The number of furan rings is 1. The van der Waals surface area contributed by atoms with E-state index in [2.05, 4.69) is 5.32 Å². The Bertz CT molecular complexity index is 1440. The number of carbonyl (C=O) groups is 4. The van der Waals surface area contributed by atoms with Gasteiger partial charge in [-0.2, -0.15) is 0 Å². The number of anilines is 1. The zero-order chi connectivity index (χ0) is 26.7. The molecule has 3 amide bonds. The van der Waals surface area contributed by atoms with E-state index in [9.17, 15) is 19.2 Å². The first-order valence-corrected chi connectivity index (χ1v) is 12.5. The van der Waals surface area contributed by atoms with Gasteiger partial charge in [-0.1, -0.05) is 17.7 Å². The van der Waals surface area contributed by atoms with Gasteiger partial charge in [0.15, 0.2) is 0 Å². The summed E-state index contributed by atoms with van der Waals surface area (Å²) < 4.78 is 10.8. The molecule has 8 nitrogen and oxygen atoms in total. The van der Waals surface area contributed by atoms with Crippen molar-refractivity contribution in [3.05, 3.63) is 80.9 Å². The molecule has 1 aromatic heterocycles. The lowest BCUT2D eigenvalue weighted by molar-refractivity contribution is -0.127. The molecule has 0 atom stereocenters. The maximum atomic E-state index is 12.8. The molecular formula is C27H23ClN2O6S. The molecule has 0 aliphatic carbocycles. The molecule has 0 unspecified atom stereocenters. The lowest BCUT2D eigenvalue weighted by Crippen LogP contribution is -2.36. The topological polar surface area (TPSA) is 106 Å². The van der Waals surface area contributed by atoms with Crippen LogP contribution < -0.4 is 5.32 Å². The SMILES string of the molecule is CCOC(=O)c1cc(-c2ccc(/C=C3/SC(=O)N(CC(=O)Nc4ccc(C)c(C)c4)C3=O)o2)ccc1Cl. The van der Waals surface area contributed by atoms with E-state index in [1.165, 1.54) is 6.08 Å². The van der Waals surface area contributed by atoms with Crippen molar-refractivity contribution >= 4 is 58.1 Å². The highest BCUT2D eigenvalue weighted by Crippen LogP contribution is 2.34. The molecule has 1 fully saturated rings. The van der Waals surface area contributed by atoms with E-state index >= 15 is 0 Å². The molecule has 0 saturated carbocycles. The lowest BCUT2D eigenvalue weighted by atomic mass is 10.1. The molecule has 3 aromatic rings. The third-order valence-electron chi connectivity index (χ3n) is 5.61. The lowest BCUT2D eigenvalue weighted by Gasteiger charge is -2.13.